The van der Waals surface area contributed by atoms with Gasteiger partial charge in [0.25, 0.3) is 0 Å². The van der Waals surface area contributed by atoms with Gasteiger partial charge >= 0.3 is 0 Å². The Morgan fingerprint density at radius 1 is 0.812 bits per heavy atom. The highest BCUT2D eigenvalue weighted by Gasteiger charge is 2.47. The van der Waals surface area contributed by atoms with Crippen LogP contribution in [0.15, 0.2) is 114 Å². The molecular weight excluding hydrogens is 388 g/mol. The second-order valence-electron chi connectivity index (χ2n) is 8.59. The number of nitrogens with zero attached hydrogens (tertiary/aromatic N) is 2. The number of hydrogen-bond donors (Lipinski definition) is 0. The lowest BCUT2D eigenvalue weighted by Gasteiger charge is -2.24. The van der Waals surface area contributed by atoms with Crippen LogP contribution in [0.25, 0.3) is 10.8 Å². The molecule has 0 bridgehead atoms. The van der Waals surface area contributed by atoms with E-state index in [0.717, 1.165) is 12.1 Å². The van der Waals surface area contributed by atoms with E-state index >= 15 is 0 Å². The molecule has 4 aromatic carbocycles. The Labute approximate surface area is 189 Å². The van der Waals surface area contributed by atoms with E-state index in [-0.39, 0.29) is 5.41 Å². The zero-order valence-electron chi connectivity index (χ0n) is 18.6. The molecule has 0 fully saturated rings. The summed E-state index contributed by atoms with van der Waals surface area (Å²) >= 11 is 0. The predicted octanol–water partition coefficient (Wildman–Crippen LogP) is 7.03. The first-order valence-electron chi connectivity index (χ1n) is 11.1. The summed E-state index contributed by atoms with van der Waals surface area (Å²) in [7, 11) is 2.18. The molecule has 0 amide bonds. The minimum atomic E-state index is -0.149. The first-order valence-corrected chi connectivity index (χ1v) is 11.1. The molecule has 0 saturated heterocycles. The van der Waals surface area contributed by atoms with E-state index in [4.69, 9.17) is 0 Å². The van der Waals surface area contributed by atoms with Crippen molar-refractivity contribution in [2.75, 3.05) is 7.05 Å². The Morgan fingerprint density at radius 2 is 1.50 bits per heavy atom. The Bertz CT molecular complexity index is 1350. The number of rotatable bonds is 5. The highest BCUT2D eigenvalue weighted by Crippen LogP contribution is 2.45. The molecule has 1 atom stereocenters. The molecule has 0 radical (unpaired) electrons. The van der Waals surface area contributed by atoms with Gasteiger partial charge in [-0.25, -0.2) is 0 Å². The molecule has 0 N–H and O–H groups in total. The van der Waals surface area contributed by atoms with E-state index < -0.39 is 0 Å². The lowest BCUT2D eigenvalue weighted by atomic mass is 9.73. The molecule has 5 rings (SSSR count). The molecule has 4 aromatic rings. The van der Waals surface area contributed by atoms with Gasteiger partial charge in [-0.1, -0.05) is 72.8 Å². The maximum Gasteiger partial charge on any atom is 0.210 e. The van der Waals surface area contributed by atoms with Crippen LogP contribution < -0.4 is 0 Å². The zero-order chi connectivity index (χ0) is 22.0. The number of benzene rings is 4. The first-order chi connectivity index (χ1) is 15.7. The van der Waals surface area contributed by atoms with Gasteiger partial charge in [0.2, 0.25) is 5.69 Å². The van der Waals surface area contributed by atoms with Crippen molar-refractivity contribution in [2.24, 2.45) is 4.99 Å². The van der Waals surface area contributed by atoms with Crippen molar-refractivity contribution in [1.82, 2.24) is 0 Å². The predicted molar refractivity (Wildman–Crippen MR) is 136 cm³/mol. The van der Waals surface area contributed by atoms with Gasteiger partial charge in [-0.3, -0.25) is 4.99 Å². The molecule has 0 aliphatic carbocycles. The Kier molecular flexibility index (Phi) is 5.28. The Morgan fingerprint density at radius 3 is 2.28 bits per heavy atom. The van der Waals surface area contributed by atoms with Crippen molar-refractivity contribution in [3.8, 4) is 0 Å². The van der Waals surface area contributed by atoms with Gasteiger partial charge in [0.05, 0.1) is 11.1 Å². The summed E-state index contributed by atoms with van der Waals surface area (Å²) in [6.07, 6.45) is 7.12. The summed E-state index contributed by atoms with van der Waals surface area (Å²) in [6, 6.07) is 34.1. The minimum absolute atomic E-state index is 0.149. The van der Waals surface area contributed by atoms with Crippen molar-refractivity contribution in [3.63, 3.8) is 0 Å². The Hall–Kier alpha value is -3.78. The molecule has 0 aromatic heterocycles. The van der Waals surface area contributed by atoms with Gasteiger partial charge in [-0.15, -0.1) is 0 Å². The van der Waals surface area contributed by atoms with Gasteiger partial charge in [-0.05, 0) is 54.0 Å². The van der Waals surface area contributed by atoms with Crippen molar-refractivity contribution in [3.05, 3.63) is 120 Å². The SMILES string of the molecule is C[N+]1=C(/C=C/C=N/c2ccccc2)C(C)(Cc2ccccc2)c2c1ccc1ccccc21. The maximum absolute atomic E-state index is 4.58. The standard InChI is InChI=1S/C30H27N2/c1-30(22-23-12-5-3-6-13-23)28(18-11-21-31-25-15-7-4-8-16-25)32(2)27-20-19-24-14-9-10-17-26(24)29(27)30/h3-21H,22H2,1-2H3/q+1/b18-11+,31-21+. The van der Waals surface area contributed by atoms with E-state index in [9.17, 15) is 0 Å². The topological polar surface area (TPSA) is 15.4 Å². The van der Waals surface area contributed by atoms with Crippen LogP contribution in [0.4, 0.5) is 11.4 Å². The fourth-order valence-corrected chi connectivity index (χ4v) is 5.00. The van der Waals surface area contributed by atoms with Crippen molar-refractivity contribution >= 4 is 34.1 Å². The van der Waals surface area contributed by atoms with Crippen LogP contribution in [-0.4, -0.2) is 23.5 Å². The summed E-state index contributed by atoms with van der Waals surface area (Å²) in [5.41, 5.74) is 6.12. The molecule has 32 heavy (non-hydrogen) atoms. The lowest BCUT2D eigenvalue weighted by Crippen LogP contribution is -2.33. The van der Waals surface area contributed by atoms with E-state index in [1.54, 1.807) is 0 Å². The van der Waals surface area contributed by atoms with Gasteiger partial charge in [0.1, 0.15) is 7.05 Å². The van der Waals surface area contributed by atoms with Crippen LogP contribution in [0.5, 0.6) is 0 Å². The number of aliphatic imine (C=N–C) groups is 1. The van der Waals surface area contributed by atoms with Gasteiger partial charge < -0.3 is 0 Å². The van der Waals surface area contributed by atoms with Crippen molar-refractivity contribution in [1.29, 1.82) is 0 Å². The molecule has 2 nitrogen and oxygen atoms in total. The number of hydrogen-bond acceptors (Lipinski definition) is 1. The highest BCUT2D eigenvalue weighted by molar-refractivity contribution is 6.09. The third kappa shape index (κ3) is 3.58. The second-order valence-corrected chi connectivity index (χ2v) is 8.59. The summed E-state index contributed by atoms with van der Waals surface area (Å²) in [5.74, 6) is 0. The number of allylic oxidation sites excluding steroid dienone is 2. The molecule has 1 aliphatic heterocycles. The summed E-state index contributed by atoms with van der Waals surface area (Å²) in [6.45, 7) is 2.38. The molecular formula is C30H27N2+. The van der Waals surface area contributed by atoms with Gasteiger partial charge in [0, 0.05) is 23.9 Å². The van der Waals surface area contributed by atoms with Crippen LogP contribution in [0.1, 0.15) is 18.1 Å². The van der Waals surface area contributed by atoms with Crippen LogP contribution in [0, 0.1) is 0 Å². The van der Waals surface area contributed by atoms with Crippen LogP contribution in [0.3, 0.4) is 0 Å². The first kappa shape index (κ1) is 20.1. The quantitative estimate of drug-likeness (QED) is 0.246. The second kappa shape index (κ2) is 8.39. The van der Waals surface area contributed by atoms with Crippen LogP contribution in [0.2, 0.25) is 0 Å². The monoisotopic (exact) mass is 415 g/mol. The lowest BCUT2D eigenvalue weighted by molar-refractivity contribution is -0.401. The smallest absolute Gasteiger partial charge is 0.210 e. The average Bonchev–Trinajstić information content (AvgIpc) is 3.04. The third-order valence-electron chi connectivity index (χ3n) is 6.47. The minimum Gasteiger partial charge on any atom is -0.257 e. The normalized spacial score (nSPS) is 18.2. The van der Waals surface area contributed by atoms with Gasteiger partial charge in [-0.2, -0.15) is 4.58 Å². The fraction of sp³-hybridized carbons (Fsp3) is 0.133. The number of para-hydroxylation sites is 1. The zero-order valence-corrected chi connectivity index (χ0v) is 18.6. The summed E-state index contributed by atoms with van der Waals surface area (Å²) in [4.78, 5) is 4.58. The fourth-order valence-electron chi connectivity index (χ4n) is 5.00. The maximum atomic E-state index is 4.58. The van der Waals surface area contributed by atoms with E-state index in [0.29, 0.717) is 0 Å². The summed E-state index contributed by atoms with van der Waals surface area (Å²) in [5, 5.41) is 2.62. The van der Waals surface area contributed by atoms with Crippen molar-refractivity contribution in [2.45, 2.75) is 18.8 Å². The third-order valence-corrected chi connectivity index (χ3v) is 6.47. The highest BCUT2D eigenvalue weighted by atomic mass is 15.0. The van der Waals surface area contributed by atoms with Crippen molar-refractivity contribution < 1.29 is 4.58 Å². The van der Waals surface area contributed by atoms with Crippen LogP contribution in [-0.2, 0) is 11.8 Å². The van der Waals surface area contributed by atoms with E-state index in [1.807, 2.05) is 36.5 Å². The molecule has 0 saturated carbocycles. The van der Waals surface area contributed by atoms with E-state index in [1.165, 1.54) is 33.3 Å². The van der Waals surface area contributed by atoms with Crippen LogP contribution >= 0.6 is 0 Å². The molecule has 0 spiro atoms. The molecule has 1 unspecified atom stereocenters. The summed E-state index contributed by atoms with van der Waals surface area (Å²) < 4.78 is 2.34. The van der Waals surface area contributed by atoms with E-state index in [2.05, 4.69) is 102 Å². The molecule has 1 heterocycles. The number of fused-ring (bicyclic) bond motifs is 3. The molecule has 156 valence electrons. The molecule has 2 heteroatoms. The molecule has 1 aliphatic rings. The Balaban J connectivity index is 1.60. The largest absolute Gasteiger partial charge is 0.257 e. The van der Waals surface area contributed by atoms with Gasteiger partial charge in [0.15, 0.2) is 5.71 Å². The average molecular weight is 416 g/mol.